The van der Waals surface area contributed by atoms with Gasteiger partial charge in [-0.1, -0.05) is 48.5 Å². The van der Waals surface area contributed by atoms with E-state index in [2.05, 4.69) is 0 Å². The van der Waals surface area contributed by atoms with Gasteiger partial charge in [-0.3, -0.25) is 0 Å². The van der Waals surface area contributed by atoms with Gasteiger partial charge in [-0.2, -0.15) is 0 Å². The van der Waals surface area contributed by atoms with Crippen LogP contribution >= 0.6 is 0 Å². The second-order valence-corrected chi connectivity index (χ2v) is 4.33. The molecule has 2 nitrogen and oxygen atoms in total. The average Bonchev–Trinajstić information content (AvgIpc) is 2.39. The molecule has 0 saturated carbocycles. The van der Waals surface area contributed by atoms with Crippen molar-refractivity contribution in [1.82, 2.24) is 0 Å². The van der Waals surface area contributed by atoms with Crippen LogP contribution in [-0.2, 0) is 6.42 Å². The fourth-order valence-electron chi connectivity index (χ4n) is 2.27. The molecule has 1 heterocycles. The molecule has 86 valence electrons. The van der Waals surface area contributed by atoms with Gasteiger partial charge in [-0.15, -0.1) is 0 Å². The minimum atomic E-state index is -0.479. The van der Waals surface area contributed by atoms with Gasteiger partial charge < -0.3 is 9.84 Å². The van der Waals surface area contributed by atoms with Crippen molar-refractivity contribution in [2.24, 2.45) is 0 Å². The van der Waals surface area contributed by atoms with Crippen molar-refractivity contribution in [2.45, 2.75) is 18.6 Å². The number of benzene rings is 2. The molecule has 1 unspecified atom stereocenters. The van der Waals surface area contributed by atoms with Crippen molar-refractivity contribution < 1.29 is 9.84 Å². The second kappa shape index (κ2) is 4.22. The summed E-state index contributed by atoms with van der Waals surface area (Å²) in [6.45, 7) is 0. The molecule has 0 spiro atoms. The van der Waals surface area contributed by atoms with Crippen LogP contribution in [0.15, 0.2) is 54.6 Å². The predicted molar refractivity (Wildman–Crippen MR) is 66.0 cm³/mol. The SMILES string of the molecule is OC1Cc2ccccc2O[C@@H]1c1ccccc1. The Bertz CT molecular complexity index is 507. The van der Waals surface area contributed by atoms with Crippen LogP contribution in [0.1, 0.15) is 17.2 Å². The molecule has 1 N–H and O–H groups in total. The van der Waals surface area contributed by atoms with Crippen LogP contribution in [0.2, 0.25) is 0 Å². The second-order valence-electron chi connectivity index (χ2n) is 4.33. The monoisotopic (exact) mass is 226 g/mol. The lowest BCUT2D eigenvalue weighted by Crippen LogP contribution is -2.30. The van der Waals surface area contributed by atoms with E-state index in [-0.39, 0.29) is 6.10 Å². The summed E-state index contributed by atoms with van der Waals surface area (Å²) in [6, 6.07) is 17.8. The van der Waals surface area contributed by atoms with Crippen molar-refractivity contribution in [1.29, 1.82) is 0 Å². The Morgan fingerprint density at radius 2 is 1.65 bits per heavy atom. The number of aliphatic hydroxyl groups excluding tert-OH is 1. The third-order valence-corrected chi connectivity index (χ3v) is 3.13. The number of hydrogen-bond acceptors (Lipinski definition) is 2. The Kier molecular flexibility index (Phi) is 2.57. The Morgan fingerprint density at radius 1 is 0.941 bits per heavy atom. The van der Waals surface area contributed by atoms with Gasteiger partial charge in [0.05, 0.1) is 6.10 Å². The summed E-state index contributed by atoms with van der Waals surface area (Å²) in [5, 5.41) is 10.1. The molecule has 0 amide bonds. The van der Waals surface area contributed by atoms with E-state index in [1.807, 2.05) is 54.6 Å². The van der Waals surface area contributed by atoms with E-state index in [1.54, 1.807) is 0 Å². The summed E-state index contributed by atoms with van der Waals surface area (Å²) in [7, 11) is 0. The first-order valence-electron chi connectivity index (χ1n) is 5.82. The first kappa shape index (κ1) is 10.4. The van der Waals surface area contributed by atoms with Gasteiger partial charge in [0.2, 0.25) is 0 Å². The first-order chi connectivity index (χ1) is 8.34. The Labute approximate surface area is 100 Å². The van der Waals surface area contributed by atoms with Crippen LogP contribution in [0.3, 0.4) is 0 Å². The highest BCUT2D eigenvalue weighted by Gasteiger charge is 2.29. The number of aliphatic hydroxyl groups is 1. The molecule has 0 aromatic heterocycles. The van der Waals surface area contributed by atoms with Crippen LogP contribution < -0.4 is 4.74 Å². The van der Waals surface area contributed by atoms with Crippen LogP contribution in [0.4, 0.5) is 0 Å². The van der Waals surface area contributed by atoms with E-state index in [0.717, 1.165) is 16.9 Å². The Hall–Kier alpha value is -1.80. The molecule has 17 heavy (non-hydrogen) atoms. The van der Waals surface area contributed by atoms with E-state index >= 15 is 0 Å². The van der Waals surface area contributed by atoms with Gasteiger partial charge in [-0.05, 0) is 17.2 Å². The maximum Gasteiger partial charge on any atom is 0.150 e. The maximum absolute atomic E-state index is 10.1. The summed E-state index contributed by atoms with van der Waals surface area (Å²) < 4.78 is 5.88. The van der Waals surface area contributed by atoms with Crippen molar-refractivity contribution in [3.8, 4) is 5.75 Å². The van der Waals surface area contributed by atoms with Crippen LogP contribution in [-0.4, -0.2) is 11.2 Å². The highest BCUT2D eigenvalue weighted by molar-refractivity contribution is 5.37. The molecule has 0 radical (unpaired) electrons. The highest BCUT2D eigenvalue weighted by atomic mass is 16.5. The lowest BCUT2D eigenvalue weighted by Gasteiger charge is -2.30. The minimum Gasteiger partial charge on any atom is -0.483 e. The van der Waals surface area contributed by atoms with E-state index in [1.165, 1.54) is 0 Å². The van der Waals surface area contributed by atoms with E-state index < -0.39 is 6.10 Å². The summed E-state index contributed by atoms with van der Waals surface area (Å²) in [4.78, 5) is 0. The zero-order valence-corrected chi connectivity index (χ0v) is 9.41. The Morgan fingerprint density at radius 3 is 2.47 bits per heavy atom. The van der Waals surface area contributed by atoms with Gasteiger partial charge in [0, 0.05) is 6.42 Å². The van der Waals surface area contributed by atoms with E-state index in [4.69, 9.17) is 4.74 Å². The summed E-state index contributed by atoms with van der Waals surface area (Å²) >= 11 is 0. The molecule has 0 fully saturated rings. The molecule has 0 saturated heterocycles. The zero-order chi connectivity index (χ0) is 11.7. The largest absolute Gasteiger partial charge is 0.483 e. The van der Waals surface area contributed by atoms with Crippen molar-refractivity contribution in [2.75, 3.05) is 0 Å². The quantitative estimate of drug-likeness (QED) is 0.810. The third-order valence-electron chi connectivity index (χ3n) is 3.13. The zero-order valence-electron chi connectivity index (χ0n) is 9.41. The van der Waals surface area contributed by atoms with Gasteiger partial charge in [0.25, 0.3) is 0 Å². The fraction of sp³-hybridized carbons (Fsp3) is 0.200. The molecule has 1 aliphatic heterocycles. The predicted octanol–water partition coefficient (Wildman–Crippen LogP) is 2.72. The minimum absolute atomic E-state index is 0.258. The van der Waals surface area contributed by atoms with Gasteiger partial charge in [-0.25, -0.2) is 0 Å². The molecule has 2 atom stereocenters. The van der Waals surface area contributed by atoms with E-state index in [0.29, 0.717) is 6.42 Å². The summed E-state index contributed by atoms with van der Waals surface area (Å²) in [5.74, 6) is 0.881. The van der Waals surface area contributed by atoms with Gasteiger partial charge >= 0.3 is 0 Å². The highest BCUT2D eigenvalue weighted by Crippen LogP contribution is 2.34. The third kappa shape index (κ3) is 1.92. The number of ether oxygens (including phenoxy) is 1. The lowest BCUT2D eigenvalue weighted by atomic mass is 9.95. The lowest BCUT2D eigenvalue weighted by molar-refractivity contribution is 0.0208. The molecule has 2 aromatic carbocycles. The number of rotatable bonds is 1. The standard InChI is InChI=1S/C15H14O2/c16-13-10-12-8-4-5-9-14(12)17-15(13)11-6-2-1-3-7-11/h1-9,13,15-16H,10H2/t13?,15-/m1/s1. The Balaban J connectivity index is 1.95. The average molecular weight is 226 g/mol. The summed E-state index contributed by atoms with van der Waals surface area (Å²) in [6.07, 6.45) is -0.0890. The van der Waals surface area contributed by atoms with Gasteiger partial charge in [0.15, 0.2) is 0 Å². The van der Waals surface area contributed by atoms with Crippen molar-refractivity contribution in [3.05, 3.63) is 65.7 Å². The fourth-order valence-corrected chi connectivity index (χ4v) is 2.27. The molecule has 3 rings (SSSR count). The number of fused-ring (bicyclic) bond motifs is 1. The number of para-hydroxylation sites is 1. The first-order valence-corrected chi connectivity index (χ1v) is 5.82. The molecular weight excluding hydrogens is 212 g/mol. The molecule has 2 aromatic rings. The van der Waals surface area contributed by atoms with Gasteiger partial charge in [0.1, 0.15) is 11.9 Å². The van der Waals surface area contributed by atoms with Crippen molar-refractivity contribution >= 4 is 0 Å². The topological polar surface area (TPSA) is 29.5 Å². The molecular formula is C15H14O2. The maximum atomic E-state index is 10.1. The molecule has 2 heteroatoms. The summed E-state index contributed by atoms with van der Waals surface area (Å²) in [5.41, 5.74) is 2.10. The van der Waals surface area contributed by atoms with Crippen LogP contribution in [0.25, 0.3) is 0 Å². The molecule has 0 bridgehead atoms. The molecule has 0 aliphatic carbocycles. The van der Waals surface area contributed by atoms with Crippen molar-refractivity contribution in [3.63, 3.8) is 0 Å². The van der Waals surface area contributed by atoms with E-state index in [9.17, 15) is 5.11 Å². The van der Waals surface area contributed by atoms with Crippen LogP contribution in [0.5, 0.6) is 5.75 Å². The number of hydrogen-bond donors (Lipinski definition) is 1. The molecule has 1 aliphatic rings. The normalized spacial score (nSPS) is 22.6. The van der Waals surface area contributed by atoms with Crippen LogP contribution in [0, 0.1) is 0 Å². The smallest absolute Gasteiger partial charge is 0.150 e.